The lowest BCUT2D eigenvalue weighted by Crippen LogP contribution is -2.40. The Balaban J connectivity index is 1.85. The monoisotopic (exact) mass is 392 g/mol. The molecule has 1 aromatic carbocycles. The quantitative estimate of drug-likeness (QED) is 0.784. The number of halogens is 2. The highest BCUT2D eigenvalue weighted by Gasteiger charge is 2.24. The van der Waals surface area contributed by atoms with Crippen molar-refractivity contribution >= 4 is 40.7 Å². The number of carbonyl (C=O) groups excluding carboxylic acids is 1. The van der Waals surface area contributed by atoms with Gasteiger partial charge in [0, 0.05) is 34.0 Å². The van der Waals surface area contributed by atoms with Crippen LogP contribution in [0.2, 0.25) is 10.0 Å². The number of benzene rings is 1. The Labute approximate surface area is 163 Å². The third kappa shape index (κ3) is 4.46. The second-order valence-electron chi connectivity index (χ2n) is 6.56. The first kappa shape index (κ1) is 18.9. The molecule has 1 aromatic heterocycles. The molecule has 1 unspecified atom stereocenters. The van der Waals surface area contributed by atoms with E-state index in [-0.39, 0.29) is 5.91 Å². The third-order valence-electron chi connectivity index (χ3n) is 4.55. The summed E-state index contributed by atoms with van der Waals surface area (Å²) < 4.78 is 0. The van der Waals surface area contributed by atoms with E-state index in [2.05, 4.69) is 27.1 Å². The van der Waals surface area contributed by atoms with Crippen LogP contribution < -0.4 is 10.2 Å². The van der Waals surface area contributed by atoms with Crippen LogP contribution in [0.15, 0.2) is 24.3 Å². The van der Waals surface area contributed by atoms with Crippen molar-refractivity contribution in [2.45, 2.75) is 45.6 Å². The Morgan fingerprint density at radius 1 is 1.19 bits per heavy atom. The Bertz CT molecular complexity index is 792. The van der Waals surface area contributed by atoms with Crippen LogP contribution in [0, 0.1) is 6.92 Å². The van der Waals surface area contributed by atoms with Crippen molar-refractivity contribution in [1.82, 2.24) is 9.97 Å². The molecule has 2 heterocycles. The van der Waals surface area contributed by atoms with E-state index in [4.69, 9.17) is 23.2 Å². The predicted molar refractivity (Wildman–Crippen MR) is 106 cm³/mol. The van der Waals surface area contributed by atoms with E-state index in [1.165, 1.54) is 6.42 Å². The number of nitrogens with zero attached hydrogens (tertiary/aromatic N) is 3. The summed E-state index contributed by atoms with van der Waals surface area (Å²) in [7, 11) is 0. The fourth-order valence-electron chi connectivity index (χ4n) is 3.31. The minimum atomic E-state index is -0.305. The number of aryl methyl sites for hydroxylation is 1. The fourth-order valence-corrected chi connectivity index (χ4v) is 3.83. The maximum absolute atomic E-state index is 12.7. The number of rotatable bonds is 4. The molecule has 0 bridgehead atoms. The first-order valence-electron chi connectivity index (χ1n) is 8.86. The van der Waals surface area contributed by atoms with Crippen LogP contribution in [0.4, 0.5) is 11.6 Å². The third-order valence-corrected chi connectivity index (χ3v) is 4.99. The number of anilines is 2. The van der Waals surface area contributed by atoms with Crippen LogP contribution in [-0.2, 0) is 0 Å². The molecule has 0 radical (unpaired) electrons. The Kier molecular flexibility index (Phi) is 5.99. The summed E-state index contributed by atoms with van der Waals surface area (Å²) in [6.07, 6.45) is 4.52. The topological polar surface area (TPSA) is 58.1 Å². The van der Waals surface area contributed by atoms with Gasteiger partial charge in [0.2, 0.25) is 5.95 Å². The number of hydrogen-bond donors (Lipinski definition) is 1. The van der Waals surface area contributed by atoms with Gasteiger partial charge in [-0.2, -0.15) is 0 Å². The van der Waals surface area contributed by atoms with E-state index in [1.54, 1.807) is 24.3 Å². The minimum Gasteiger partial charge on any atom is -0.338 e. The van der Waals surface area contributed by atoms with Crippen LogP contribution in [0.5, 0.6) is 0 Å². The number of aromatic nitrogens is 2. The van der Waals surface area contributed by atoms with Gasteiger partial charge in [-0.05, 0) is 56.9 Å². The van der Waals surface area contributed by atoms with Crippen LogP contribution in [-0.4, -0.2) is 28.5 Å². The van der Waals surface area contributed by atoms with E-state index in [0.29, 0.717) is 33.4 Å². The van der Waals surface area contributed by atoms with Gasteiger partial charge in [0.15, 0.2) is 0 Å². The SMILES string of the molecule is CCC1CCCCN1c1nc(C)cc(C(=O)Nc2cc(Cl)cc(Cl)c2)n1. The molecule has 1 aliphatic heterocycles. The smallest absolute Gasteiger partial charge is 0.274 e. The largest absolute Gasteiger partial charge is 0.338 e. The summed E-state index contributed by atoms with van der Waals surface area (Å²) in [5.74, 6) is 0.325. The second-order valence-corrected chi connectivity index (χ2v) is 7.43. The molecule has 0 spiro atoms. The van der Waals surface area contributed by atoms with Crippen molar-refractivity contribution < 1.29 is 4.79 Å². The highest BCUT2D eigenvalue weighted by Crippen LogP contribution is 2.25. The average Bonchev–Trinajstić information content (AvgIpc) is 2.60. The van der Waals surface area contributed by atoms with Crippen molar-refractivity contribution in [3.63, 3.8) is 0 Å². The molecule has 0 aliphatic carbocycles. The lowest BCUT2D eigenvalue weighted by Gasteiger charge is -2.35. The van der Waals surface area contributed by atoms with Crippen LogP contribution in [0.3, 0.4) is 0 Å². The lowest BCUT2D eigenvalue weighted by atomic mass is 10.0. The zero-order valence-corrected chi connectivity index (χ0v) is 16.4. The highest BCUT2D eigenvalue weighted by molar-refractivity contribution is 6.35. The number of carbonyl (C=O) groups is 1. The molecular weight excluding hydrogens is 371 g/mol. The van der Waals surface area contributed by atoms with Gasteiger partial charge in [-0.3, -0.25) is 4.79 Å². The molecule has 3 rings (SSSR count). The van der Waals surface area contributed by atoms with Gasteiger partial charge < -0.3 is 10.2 Å². The zero-order chi connectivity index (χ0) is 18.7. The van der Waals surface area contributed by atoms with Gasteiger partial charge in [-0.25, -0.2) is 9.97 Å². The predicted octanol–water partition coefficient (Wildman–Crippen LogP) is 5.11. The van der Waals surface area contributed by atoms with Gasteiger partial charge in [-0.15, -0.1) is 0 Å². The second kappa shape index (κ2) is 8.23. The van der Waals surface area contributed by atoms with Crippen molar-refractivity contribution in [3.05, 3.63) is 45.7 Å². The Hall–Kier alpha value is -1.85. The summed E-state index contributed by atoms with van der Waals surface area (Å²) in [5.41, 5.74) is 1.64. The molecule has 5 nitrogen and oxygen atoms in total. The van der Waals surface area contributed by atoms with Crippen LogP contribution in [0.25, 0.3) is 0 Å². The molecule has 2 aromatic rings. The highest BCUT2D eigenvalue weighted by atomic mass is 35.5. The van der Waals surface area contributed by atoms with E-state index in [0.717, 1.165) is 31.5 Å². The van der Waals surface area contributed by atoms with Gasteiger partial charge in [0.25, 0.3) is 5.91 Å². The molecule has 26 heavy (non-hydrogen) atoms. The van der Waals surface area contributed by atoms with E-state index in [9.17, 15) is 4.79 Å². The normalized spacial score (nSPS) is 17.2. The maximum atomic E-state index is 12.7. The van der Waals surface area contributed by atoms with Gasteiger partial charge >= 0.3 is 0 Å². The Morgan fingerprint density at radius 2 is 1.92 bits per heavy atom. The summed E-state index contributed by atoms with van der Waals surface area (Å²) in [5, 5.41) is 3.73. The molecule has 138 valence electrons. The molecule has 1 saturated heterocycles. The first-order valence-corrected chi connectivity index (χ1v) is 9.61. The van der Waals surface area contributed by atoms with E-state index >= 15 is 0 Å². The molecule has 0 saturated carbocycles. The summed E-state index contributed by atoms with van der Waals surface area (Å²) in [6.45, 7) is 4.98. The van der Waals surface area contributed by atoms with Gasteiger partial charge in [0.05, 0.1) is 0 Å². The molecule has 1 aliphatic rings. The first-order chi connectivity index (χ1) is 12.5. The van der Waals surface area contributed by atoms with E-state index < -0.39 is 0 Å². The number of piperidine rings is 1. The van der Waals surface area contributed by atoms with Crippen molar-refractivity contribution in [2.75, 3.05) is 16.8 Å². The minimum absolute atomic E-state index is 0.305. The number of amides is 1. The molecular formula is C19H22Cl2N4O. The van der Waals surface area contributed by atoms with Gasteiger partial charge in [-0.1, -0.05) is 30.1 Å². The Morgan fingerprint density at radius 3 is 2.62 bits per heavy atom. The van der Waals surface area contributed by atoms with Crippen molar-refractivity contribution in [1.29, 1.82) is 0 Å². The zero-order valence-electron chi connectivity index (χ0n) is 14.9. The maximum Gasteiger partial charge on any atom is 0.274 e. The van der Waals surface area contributed by atoms with Gasteiger partial charge in [0.1, 0.15) is 5.69 Å². The number of hydrogen-bond acceptors (Lipinski definition) is 4. The molecule has 7 heteroatoms. The number of nitrogens with one attached hydrogen (secondary N) is 1. The molecule has 1 N–H and O–H groups in total. The lowest BCUT2D eigenvalue weighted by molar-refractivity contribution is 0.102. The van der Waals surface area contributed by atoms with Crippen molar-refractivity contribution in [2.24, 2.45) is 0 Å². The fraction of sp³-hybridized carbons (Fsp3) is 0.421. The summed E-state index contributed by atoms with van der Waals surface area (Å²) >= 11 is 12.0. The molecule has 1 fully saturated rings. The van der Waals surface area contributed by atoms with Crippen molar-refractivity contribution in [3.8, 4) is 0 Å². The summed E-state index contributed by atoms with van der Waals surface area (Å²) in [6, 6.07) is 7.03. The molecule has 1 amide bonds. The summed E-state index contributed by atoms with van der Waals surface area (Å²) in [4.78, 5) is 24.0. The van der Waals surface area contributed by atoms with Crippen LogP contribution >= 0.6 is 23.2 Å². The standard InChI is InChI=1S/C19H22Cl2N4O/c1-3-16-6-4-5-7-25(16)19-22-12(2)8-17(24-19)18(26)23-15-10-13(20)9-14(21)11-15/h8-11,16H,3-7H2,1-2H3,(H,23,26). The average molecular weight is 393 g/mol. The van der Waals surface area contributed by atoms with Crippen LogP contribution in [0.1, 0.15) is 48.8 Å². The van der Waals surface area contributed by atoms with E-state index in [1.807, 2.05) is 6.92 Å². The molecule has 1 atom stereocenters.